The molecular weight excluding hydrogens is 432 g/mol. The van der Waals surface area contributed by atoms with Crippen molar-refractivity contribution in [3.63, 3.8) is 0 Å². The monoisotopic (exact) mass is 466 g/mol. The highest BCUT2D eigenvalue weighted by molar-refractivity contribution is 5.90. The standard InChI is InChI=1S/C24H34O9/c1-12-7-8-16(10-25)20-21(28)19(14(3)22(29)31-6)18(9-24(12,20)5)33-23(30)13(2)17(27)11-32-15(4)26/h10,12,16-21,27-28H,2-3,7-9,11H2,1,4-6H3/t12-,16-,17?,18+,19-,20-,21+,24+/m1/s1. The largest absolute Gasteiger partial charge is 0.466 e. The maximum atomic E-state index is 12.8. The molecule has 2 N–H and O–H groups in total. The lowest BCUT2D eigenvalue weighted by molar-refractivity contribution is -0.186. The van der Waals surface area contributed by atoms with Crippen LogP contribution in [0.1, 0.15) is 40.0 Å². The van der Waals surface area contributed by atoms with Crippen LogP contribution in [-0.2, 0) is 33.4 Å². The Kier molecular flexibility index (Phi) is 8.59. The van der Waals surface area contributed by atoms with Gasteiger partial charge in [-0.15, -0.1) is 0 Å². The highest BCUT2D eigenvalue weighted by Gasteiger charge is 2.59. The Morgan fingerprint density at radius 1 is 1.21 bits per heavy atom. The molecule has 0 aromatic carbocycles. The number of aliphatic hydroxyl groups excluding tert-OH is 2. The number of aldehydes is 1. The van der Waals surface area contributed by atoms with Crippen LogP contribution in [-0.4, -0.2) is 66.4 Å². The molecule has 0 amide bonds. The molecule has 0 saturated heterocycles. The van der Waals surface area contributed by atoms with E-state index in [4.69, 9.17) is 14.2 Å². The second-order valence-electron chi connectivity index (χ2n) is 9.33. The predicted octanol–water partition coefficient (Wildman–Crippen LogP) is 1.36. The Balaban J connectivity index is 2.36. The van der Waals surface area contributed by atoms with Gasteiger partial charge in [0.2, 0.25) is 0 Å². The molecule has 2 aliphatic carbocycles. The zero-order valence-corrected chi connectivity index (χ0v) is 19.6. The summed E-state index contributed by atoms with van der Waals surface area (Å²) in [6.07, 6.45) is -1.16. The van der Waals surface area contributed by atoms with Crippen molar-refractivity contribution < 1.29 is 43.6 Å². The van der Waals surface area contributed by atoms with Crippen molar-refractivity contribution in [3.8, 4) is 0 Å². The van der Waals surface area contributed by atoms with E-state index in [9.17, 15) is 29.4 Å². The fraction of sp³-hybridized carbons (Fsp3) is 0.667. The van der Waals surface area contributed by atoms with Crippen molar-refractivity contribution in [2.75, 3.05) is 13.7 Å². The number of ether oxygens (including phenoxy) is 3. The third-order valence-corrected chi connectivity index (χ3v) is 7.45. The molecule has 0 spiro atoms. The summed E-state index contributed by atoms with van der Waals surface area (Å²) in [5.74, 6) is -4.11. The molecule has 2 fully saturated rings. The summed E-state index contributed by atoms with van der Waals surface area (Å²) in [5, 5.41) is 21.5. The summed E-state index contributed by atoms with van der Waals surface area (Å²) in [5.41, 5.74) is -0.958. The van der Waals surface area contributed by atoms with Crippen LogP contribution in [0.25, 0.3) is 0 Å². The van der Waals surface area contributed by atoms with Gasteiger partial charge in [0, 0.05) is 24.3 Å². The van der Waals surface area contributed by atoms with Crippen molar-refractivity contribution in [2.24, 2.45) is 29.1 Å². The highest BCUT2D eigenvalue weighted by atomic mass is 16.6. The molecule has 2 aliphatic rings. The number of methoxy groups -OCH3 is 1. The van der Waals surface area contributed by atoms with E-state index < -0.39 is 66.0 Å². The number of aliphatic hydroxyl groups is 2. The van der Waals surface area contributed by atoms with Crippen molar-refractivity contribution in [2.45, 2.75) is 58.3 Å². The van der Waals surface area contributed by atoms with Crippen molar-refractivity contribution in [1.82, 2.24) is 0 Å². The molecule has 1 unspecified atom stereocenters. The van der Waals surface area contributed by atoms with Crippen LogP contribution < -0.4 is 0 Å². The molecule has 0 aromatic rings. The minimum atomic E-state index is -1.48. The number of rotatable bonds is 8. The molecule has 0 heterocycles. The van der Waals surface area contributed by atoms with Crippen LogP contribution in [0.2, 0.25) is 0 Å². The zero-order chi connectivity index (χ0) is 25.1. The molecule has 8 atom stereocenters. The van der Waals surface area contributed by atoms with E-state index >= 15 is 0 Å². The van der Waals surface area contributed by atoms with Gasteiger partial charge in [-0.2, -0.15) is 0 Å². The Bertz CT molecular complexity index is 819. The number of carbonyl (C=O) groups is 4. The van der Waals surface area contributed by atoms with Gasteiger partial charge in [-0.25, -0.2) is 9.59 Å². The van der Waals surface area contributed by atoms with Gasteiger partial charge in [-0.05, 0) is 30.6 Å². The molecule has 2 rings (SSSR count). The summed E-state index contributed by atoms with van der Waals surface area (Å²) in [4.78, 5) is 47.9. The Morgan fingerprint density at radius 2 is 1.85 bits per heavy atom. The fourth-order valence-electron chi connectivity index (χ4n) is 5.37. The summed E-state index contributed by atoms with van der Waals surface area (Å²) in [6, 6.07) is 0. The van der Waals surface area contributed by atoms with Gasteiger partial charge in [-0.3, -0.25) is 4.79 Å². The molecule has 0 aromatic heterocycles. The first-order valence-electron chi connectivity index (χ1n) is 11.0. The maximum absolute atomic E-state index is 12.8. The Labute approximate surface area is 193 Å². The van der Waals surface area contributed by atoms with Gasteiger partial charge in [0.15, 0.2) is 0 Å². The highest BCUT2D eigenvalue weighted by Crippen LogP contribution is 2.57. The molecular formula is C24H34O9. The molecule has 33 heavy (non-hydrogen) atoms. The van der Waals surface area contributed by atoms with Gasteiger partial charge in [0.25, 0.3) is 0 Å². The smallest absolute Gasteiger partial charge is 0.336 e. The average molecular weight is 467 g/mol. The lowest BCUT2D eigenvalue weighted by atomic mass is 9.49. The number of fused-ring (bicyclic) bond motifs is 1. The quantitative estimate of drug-likeness (QED) is 0.235. The topological polar surface area (TPSA) is 136 Å². The predicted molar refractivity (Wildman–Crippen MR) is 116 cm³/mol. The minimum Gasteiger partial charge on any atom is -0.466 e. The summed E-state index contributed by atoms with van der Waals surface area (Å²) in [7, 11) is 1.18. The van der Waals surface area contributed by atoms with E-state index in [1.54, 1.807) is 0 Å². The second kappa shape index (κ2) is 10.6. The van der Waals surface area contributed by atoms with E-state index in [-0.39, 0.29) is 23.5 Å². The average Bonchev–Trinajstić information content (AvgIpc) is 2.77. The van der Waals surface area contributed by atoms with Crippen LogP contribution in [0.4, 0.5) is 0 Å². The lowest BCUT2D eigenvalue weighted by Crippen LogP contribution is -2.60. The van der Waals surface area contributed by atoms with E-state index in [0.29, 0.717) is 6.42 Å². The van der Waals surface area contributed by atoms with Crippen molar-refractivity contribution >= 4 is 24.2 Å². The summed E-state index contributed by atoms with van der Waals surface area (Å²) >= 11 is 0. The zero-order valence-electron chi connectivity index (χ0n) is 19.6. The lowest BCUT2D eigenvalue weighted by Gasteiger charge is -2.57. The first kappa shape index (κ1) is 26.7. The van der Waals surface area contributed by atoms with Gasteiger partial charge in [0.05, 0.1) is 24.7 Å². The van der Waals surface area contributed by atoms with Crippen molar-refractivity contribution in [1.29, 1.82) is 0 Å². The molecule has 0 radical (unpaired) electrons. The summed E-state index contributed by atoms with van der Waals surface area (Å²) in [6.45, 7) is 12.0. The Morgan fingerprint density at radius 3 is 2.39 bits per heavy atom. The molecule has 0 aliphatic heterocycles. The van der Waals surface area contributed by atoms with E-state index in [1.165, 1.54) is 7.11 Å². The first-order valence-corrected chi connectivity index (χ1v) is 11.0. The van der Waals surface area contributed by atoms with E-state index in [1.807, 2.05) is 13.8 Å². The third-order valence-electron chi connectivity index (χ3n) is 7.45. The van der Waals surface area contributed by atoms with Gasteiger partial charge >= 0.3 is 17.9 Å². The molecule has 9 heteroatoms. The number of esters is 3. The SMILES string of the molecule is C=C(C(=O)O[C@H]1C[C@]2(C)[C@@H]([C@@H](O)[C@@H]1C(=C)C(=O)OC)[C@@H](C=O)CC[C@H]2C)C(O)COC(C)=O. The molecule has 0 bridgehead atoms. The maximum Gasteiger partial charge on any atom is 0.336 e. The molecule has 2 saturated carbocycles. The van der Waals surface area contributed by atoms with E-state index in [2.05, 4.69) is 13.2 Å². The number of hydrogen-bond donors (Lipinski definition) is 2. The van der Waals surface area contributed by atoms with Gasteiger partial charge in [-0.1, -0.05) is 27.0 Å². The number of carbonyl (C=O) groups excluding carboxylic acids is 4. The van der Waals surface area contributed by atoms with Gasteiger partial charge in [0.1, 0.15) is 25.1 Å². The second-order valence-corrected chi connectivity index (χ2v) is 9.33. The van der Waals surface area contributed by atoms with Crippen LogP contribution >= 0.6 is 0 Å². The van der Waals surface area contributed by atoms with Gasteiger partial charge < -0.3 is 29.2 Å². The van der Waals surface area contributed by atoms with Crippen LogP contribution in [0.15, 0.2) is 24.3 Å². The van der Waals surface area contributed by atoms with Crippen LogP contribution in [0.3, 0.4) is 0 Å². The fourth-order valence-corrected chi connectivity index (χ4v) is 5.37. The Hall–Kier alpha value is -2.52. The molecule has 9 nitrogen and oxygen atoms in total. The minimum absolute atomic E-state index is 0.0706. The molecule has 184 valence electrons. The van der Waals surface area contributed by atoms with Crippen LogP contribution in [0.5, 0.6) is 0 Å². The first-order chi connectivity index (χ1) is 15.4. The normalized spacial score (nSPS) is 34.2. The number of hydrogen-bond acceptors (Lipinski definition) is 9. The summed E-state index contributed by atoms with van der Waals surface area (Å²) < 4.78 is 15.1. The third kappa shape index (κ3) is 5.35. The van der Waals surface area contributed by atoms with Crippen molar-refractivity contribution in [3.05, 3.63) is 24.3 Å². The van der Waals surface area contributed by atoms with E-state index in [0.717, 1.165) is 19.6 Å². The van der Waals surface area contributed by atoms with Crippen LogP contribution in [0, 0.1) is 29.1 Å².